The molecule has 0 aromatic heterocycles. The Bertz CT molecular complexity index is 399. The number of halogens is 1. The van der Waals surface area contributed by atoms with Crippen molar-refractivity contribution in [3.8, 4) is 11.5 Å². The number of benzene rings is 1. The van der Waals surface area contributed by atoms with Gasteiger partial charge in [0.1, 0.15) is 6.61 Å². The Morgan fingerprint density at radius 2 is 1.95 bits per heavy atom. The largest absolute Gasteiger partial charge is 0.493 e. The van der Waals surface area contributed by atoms with E-state index in [2.05, 4.69) is 19.2 Å². The van der Waals surface area contributed by atoms with Gasteiger partial charge in [0.05, 0.1) is 18.7 Å². The number of methoxy groups -OCH3 is 1. The first-order chi connectivity index (χ1) is 9.72. The quantitative estimate of drug-likeness (QED) is 0.673. The van der Waals surface area contributed by atoms with Crippen LogP contribution in [0.4, 0.5) is 0 Å². The third kappa shape index (κ3) is 5.57. The number of hydrogen-bond donors (Lipinski definition) is 1. The van der Waals surface area contributed by atoms with Crippen LogP contribution in [0, 0.1) is 0 Å². The third-order valence-electron chi connectivity index (χ3n) is 2.69. The highest BCUT2D eigenvalue weighted by molar-refractivity contribution is 6.32. The van der Waals surface area contributed by atoms with Crippen LogP contribution in [0.5, 0.6) is 11.5 Å². The number of rotatable bonds is 10. The highest BCUT2D eigenvalue weighted by atomic mass is 35.5. The molecule has 0 unspecified atom stereocenters. The summed E-state index contributed by atoms with van der Waals surface area (Å²) in [6.07, 6.45) is 1.00. The van der Waals surface area contributed by atoms with Crippen molar-refractivity contribution in [2.75, 3.05) is 33.5 Å². The fourth-order valence-corrected chi connectivity index (χ4v) is 2.02. The highest BCUT2D eigenvalue weighted by Gasteiger charge is 2.11. The minimum Gasteiger partial charge on any atom is -0.493 e. The second-order valence-electron chi connectivity index (χ2n) is 4.35. The molecule has 0 radical (unpaired) electrons. The molecule has 0 heterocycles. The molecule has 1 N–H and O–H groups in total. The standard InChI is InChI=1S/C15H24ClNO3/c1-4-6-19-7-8-20-15-13(16)9-12(11-17-5-2)10-14(15)18-3/h9-10,17H,4-8,11H2,1-3H3. The van der Waals surface area contributed by atoms with Crippen molar-refractivity contribution in [3.05, 3.63) is 22.7 Å². The molecular weight excluding hydrogens is 278 g/mol. The first kappa shape index (κ1) is 17.1. The number of nitrogens with one attached hydrogen (secondary N) is 1. The van der Waals surface area contributed by atoms with Gasteiger partial charge in [-0.15, -0.1) is 0 Å². The molecule has 114 valence electrons. The first-order valence-electron chi connectivity index (χ1n) is 7.00. The molecule has 0 fully saturated rings. The van der Waals surface area contributed by atoms with E-state index in [0.717, 1.165) is 31.7 Å². The minimum atomic E-state index is 0.461. The van der Waals surface area contributed by atoms with Gasteiger partial charge < -0.3 is 19.5 Å². The van der Waals surface area contributed by atoms with E-state index in [9.17, 15) is 0 Å². The smallest absolute Gasteiger partial charge is 0.179 e. The minimum absolute atomic E-state index is 0.461. The summed E-state index contributed by atoms with van der Waals surface area (Å²) in [5.41, 5.74) is 1.07. The summed E-state index contributed by atoms with van der Waals surface area (Å²) in [6, 6.07) is 3.84. The predicted molar refractivity (Wildman–Crippen MR) is 82.0 cm³/mol. The molecule has 0 aliphatic carbocycles. The summed E-state index contributed by atoms with van der Waals surface area (Å²) in [5, 5.41) is 3.82. The summed E-state index contributed by atoms with van der Waals surface area (Å²) < 4.78 is 16.4. The summed E-state index contributed by atoms with van der Waals surface area (Å²) in [5.74, 6) is 1.23. The Balaban J connectivity index is 2.64. The maximum Gasteiger partial charge on any atom is 0.179 e. The Morgan fingerprint density at radius 1 is 1.15 bits per heavy atom. The van der Waals surface area contributed by atoms with Crippen LogP contribution in [0.3, 0.4) is 0 Å². The topological polar surface area (TPSA) is 39.7 Å². The maximum absolute atomic E-state index is 6.26. The van der Waals surface area contributed by atoms with Crippen molar-refractivity contribution < 1.29 is 14.2 Å². The van der Waals surface area contributed by atoms with Gasteiger partial charge in [-0.25, -0.2) is 0 Å². The SMILES string of the molecule is CCCOCCOc1c(Cl)cc(CNCC)cc1OC. The molecule has 0 saturated heterocycles. The zero-order valence-electron chi connectivity index (χ0n) is 12.5. The van der Waals surface area contributed by atoms with E-state index in [-0.39, 0.29) is 0 Å². The molecule has 1 aromatic rings. The maximum atomic E-state index is 6.26. The lowest BCUT2D eigenvalue weighted by molar-refractivity contribution is 0.0995. The van der Waals surface area contributed by atoms with Crippen molar-refractivity contribution >= 4 is 11.6 Å². The summed E-state index contributed by atoms with van der Waals surface area (Å²) >= 11 is 6.26. The van der Waals surface area contributed by atoms with E-state index in [4.69, 9.17) is 25.8 Å². The average Bonchev–Trinajstić information content (AvgIpc) is 2.46. The van der Waals surface area contributed by atoms with Crippen LogP contribution >= 0.6 is 11.6 Å². The van der Waals surface area contributed by atoms with Crippen LogP contribution in [0.1, 0.15) is 25.8 Å². The number of hydrogen-bond acceptors (Lipinski definition) is 4. The van der Waals surface area contributed by atoms with Gasteiger partial charge in [-0.05, 0) is 30.7 Å². The fraction of sp³-hybridized carbons (Fsp3) is 0.600. The normalized spacial score (nSPS) is 10.6. The summed E-state index contributed by atoms with van der Waals surface area (Å²) in [7, 11) is 1.61. The summed E-state index contributed by atoms with van der Waals surface area (Å²) in [6.45, 7) is 7.56. The highest BCUT2D eigenvalue weighted by Crippen LogP contribution is 2.36. The fourth-order valence-electron chi connectivity index (χ4n) is 1.73. The van der Waals surface area contributed by atoms with Crippen LogP contribution in [-0.4, -0.2) is 33.5 Å². The van der Waals surface area contributed by atoms with E-state index in [1.54, 1.807) is 7.11 Å². The van der Waals surface area contributed by atoms with Gasteiger partial charge in [0.2, 0.25) is 0 Å². The van der Waals surface area contributed by atoms with Crippen LogP contribution in [0.15, 0.2) is 12.1 Å². The lowest BCUT2D eigenvalue weighted by Gasteiger charge is -2.14. The Labute approximate surface area is 126 Å². The van der Waals surface area contributed by atoms with E-state index in [0.29, 0.717) is 29.7 Å². The number of ether oxygens (including phenoxy) is 3. The van der Waals surface area contributed by atoms with Crippen molar-refractivity contribution in [2.45, 2.75) is 26.8 Å². The van der Waals surface area contributed by atoms with Crippen molar-refractivity contribution in [3.63, 3.8) is 0 Å². The van der Waals surface area contributed by atoms with Crippen LogP contribution in [0.25, 0.3) is 0 Å². The van der Waals surface area contributed by atoms with Crippen molar-refractivity contribution in [2.24, 2.45) is 0 Å². The molecule has 0 aliphatic rings. The van der Waals surface area contributed by atoms with E-state index < -0.39 is 0 Å². The molecule has 5 heteroatoms. The molecule has 4 nitrogen and oxygen atoms in total. The zero-order chi connectivity index (χ0) is 14.8. The van der Waals surface area contributed by atoms with E-state index >= 15 is 0 Å². The third-order valence-corrected chi connectivity index (χ3v) is 2.97. The Hall–Kier alpha value is -0.970. The monoisotopic (exact) mass is 301 g/mol. The Kier molecular flexibility index (Phi) is 8.42. The van der Waals surface area contributed by atoms with Gasteiger partial charge in [-0.3, -0.25) is 0 Å². The van der Waals surface area contributed by atoms with Gasteiger partial charge >= 0.3 is 0 Å². The van der Waals surface area contributed by atoms with Gasteiger partial charge in [0.25, 0.3) is 0 Å². The molecule has 0 amide bonds. The van der Waals surface area contributed by atoms with Gasteiger partial charge in [-0.2, -0.15) is 0 Å². The lowest BCUT2D eigenvalue weighted by atomic mass is 10.2. The van der Waals surface area contributed by atoms with Gasteiger partial charge in [0.15, 0.2) is 11.5 Å². The molecule has 0 spiro atoms. The van der Waals surface area contributed by atoms with E-state index in [1.807, 2.05) is 12.1 Å². The Morgan fingerprint density at radius 3 is 2.60 bits per heavy atom. The molecule has 0 atom stereocenters. The second-order valence-corrected chi connectivity index (χ2v) is 4.76. The van der Waals surface area contributed by atoms with Crippen molar-refractivity contribution in [1.82, 2.24) is 5.32 Å². The molecule has 0 saturated carbocycles. The van der Waals surface area contributed by atoms with Gasteiger partial charge in [0, 0.05) is 13.2 Å². The van der Waals surface area contributed by atoms with Crippen LogP contribution < -0.4 is 14.8 Å². The second kappa shape index (κ2) is 9.86. The van der Waals surface area contributed by atoms with Crippen molar-refractivity contribution in [1.29, 1.82) is 0 Å². The predicted octanol–water partition coefficient (Wildman–Crippen LogP) is 3.26. The zero-order valence-corrected chi connectivity index (χ0v) is 13.3. The molecule has 20 heavy (non-hydrogen) atoms. The van der Waals surface area contributed by atoms with Gasteiger partial charge in [-0.1, -0.05) is 25.4 Å². The van der Waals surface area contributed by atoms with E-state index in [1.165, 1.54) is 0 Å². The summed E-state index contributed by atoms with van der Waals surface area (Å²) in [4.78, 5) is 0. The molecule has 1 rings (SSSR count). The molecule has 0 aliphatic heterocycles. The average molecular weight is 302 g/mol. The lowest BCUT2D eigenvalue weighted by Crippen LogP contribution is -2.12. The molecule has 1 aromatic carbocycles. The first-order valence-corrected chi connectivity index (χ1v) is 7.38. The molecule has 0 bridgehead atoms. The molecular formula is C15H24ClNO3. The van der Waals surface area contributed by atoms with Crippen LogP contribution in [-0.2, 0) is 11.3 Å². The van der Waals surface area contributed by atoms with Crippen LogP contribution in [0.2, 0.25) is 5.02 Å².